The molecule has 0 radical (unpaired) electrons. The van der Waals surface area contributed by atoms with Crippen LogP contribution in [0.1, 0.15) is 25.2 Å². The van der Waals surface area contributed by atoms with Crippen molar-refractivity contribution >= 4 is 15.9 Å². The summed E-state index contributed by atoms with van der Waals surface area (Å²) < 4.78 is 26.2. The highest BCUT2D eigenvalue weighted by Gasteiger charge is 2.31. The van der Waals surface area contributed by atoms with Crippen molar-refractivity contribution in [2.75, 3.05) is 6.54 Å². The Labute approximate surface area is 107 Å². The Bertz CT molecular complexity index is 527. The fourth-order valence-corrected chi connectivity index (χ4v) is 3.70. The van der Waals surface area contributed by atoms with Crippen molar-refractivity contribution in [2.45, 2.75) is 38.6 Å². The normalized spacial score (nSPS) is 12.3. The molecule has 0 fully saturated rings. The quantitative estimate of drug-likeness (QED) is 0.530. The number of sulfonamides is 1. The Morgan fingerprint density at radius 3 is 2.39 bits per heavy atom. The van der Waals surface area contributed by atoms with E-state index in [-0.39, 0.29) is 23.3 Å². The van der Waals surface area contributed by atoms with E-state index in [2.05, 4.69) is 10.2 Å². The topological polar surface area (TPSA) is 116 Å². The molecule has 1 rings (SSSR count). The van der Waals surface area contributed by atoms with Crippen LogP contribution >= 0.6 is 0 Å². The molecule has 0 aliphatic heterocycles. The van der Waals surface area contributed by atoms with E-state index in [9.17, 15) is 8.42 Å². The average Bonchev–Trinajstić information content (AvgIpc) is 2.54. The molecule has 0 atom stereocenters. The van der Waals surface area contributed by atoms with Crippen LogP contribution in [0.25, 0.3) is 0 Å². The molecule has 0 aliphatic rings. The van der Waals surface area contributed by atoms with Gasteiger partial charge in [0.1, 0.15) is 10.7 Å². The van der Waals surface area contributed by atoms with Crippen LogP contribution < -0.4 is 5.73 Å². The second-order valence-corrected chi connectivity index (χ2v) is 6.26. The van der Waals surface area contributed by atoms with Gasteiger partial charge in [0.25, 0.3) is 0 Å². The predicted molar refractivity (Wildman–Crippen MR) is 69.0 cm³/mol. The second-order valence-electron chi connectivity index (χ2n) is 4.43. The first-order valence-corrected chi connectivity index (χ1v) is 6.98. The highest BCUT2D eigenvalue weighted by atomic mass is 32.2. The van der Waals surface area contributed by atoms with Crippen LogP contribution in [0, 0.1) is 19.3 Å². The molecule has 0 spiro atoms. The number of nitrogens with one attached hydrogen (secondary N) is 2. The molecule has 0 aromatic carbocycles. The number of nitrogens with zero attached hydrogens (tertiary/aromatic N) is 2. The molecule has 0 bridgehead atoms. The van der Waals surface area contributed by atoms with Crippen LogP contribution in [0.15, 0.2) is 4.90 Å². The van der Waals surface area contributed by atoms with Gasteiger partial charge in [-0.05, 0) is 27.7 Å². The predicted octanol–water partition coefficient (Wildman–Crippen LogP) is 0.362. The number of nitrogens with two attached hydrogens (primary N) is 1. The van der Waals surface area contributed by atoms with Crippen LogP contribution in [0.5, 0.6) is 0 Å². The van der Waals surface area contributed by atoms with Crippen LogP contribution in [0.2, 0.25) is 0 Å². The van der Waals surface area contributed by atoms with Gasteiger partial charge < -0.3 is 5.73 Å². The lowest BCUT2D eigenvalue weighted by atomic mass is 10.4. The minimum atomic E-state index is -3.69. The number of aromatic amines is 1. The number of aromatic nitrogens is 2. The summed E-state index contributed by atoms with van der Waals surface area (Å²) in [7, 11) is -3.69. The molecule has 0 saturated heterocycles. The third-order valence-electron chi connectivity index (χ3n) is 2.53. The average molecular weight is 273 g/mol. The zero-order valence-corrected chi connectivity index (χ0v) is 11.8. The molecule has 1 aromatic heterocycles. The monoisotopic (exact) mass is 273 g/mol. The molecule has 0 unspecified atom stereocenters. The van der Waals surface area contributed by atoms with Crippen molar-refractivity contribution < 1.29 is 8.42 Å². The molecule has 102 valence electrons. The summed E-state index contributed by atoms with van der Waals surface area (Å²) in [6.07, 6.45) is 0. The first-order chi connectivity index (χ1) is 8.17. The van der Waals surface area contributed by atoms with Crippen molar-refractivity contribution in [1.29, 1.82) is 5.41 Å². The van der Waals surface area contributed by atoms with Crippen molar-refractivity contribution in [3.63, 3.8) is 0 Å². The number of aryl methyl sites for hydroxylation is 2. The van der Waals surface area contributed by atoms with Crippen molar-refractivity contribution in [1.82, 2.24) is 14.5 Å². The zero-order chi connectivity index (χ0) is 14.1. The summed E-state index contributed by atoms with van der Waals surface area (Å²) in [5, 5.41) is 13.8. The Morgan fingerprint density at radius 2 is 2.06 bits per heavy atom. The van der Waals surface area contributed by atoms with E-state index in [0.29, 0.717) is 11.4 Å². The van der Waals surface area contributed by atoms with E-state index >= 15 is 0 Å². The summed E-state index contributed by atoms with van der Waals surface area (Å²) >= 11 is 0. The van der Waals surface area contributed by atoms with E-state index < -0.39 is 10.0 Å². The fraction of sp³-hybridized carbons (Fsp3) is 0.600. The van der Waals surface area contributed by atoms with Crippen LogP contribution in [0.3, 0.4) is 0 Å². The summed E-state index contributed by atoms with van der Waals surface area (Å²) in [5.74, 6) is -0.189. The highest BCUT2D eigenvalue weighted by Crippen LogP contribution is 2.22. The third kappa shape index (κ3) is 2.70. The molecule has 4 N–H and O–H groups in total. The van der Waals surface area contributed by atoms with Gasteiger partial charge in [0.05, 0.1) is 17.9 Å². The maximum Gasteiger partial charge on any atom is 0.247 e. The SMILES string of the molecule is Cc1n[nH]c(C)c1S(=O)(=O)N(CC(=N)N)C(C)C. The van der Waals surface area contributed by atoms with Gasteiger partial charge in [-0.2, -0.15) is 9.40 Å². The van der Waals surface area contributed by atoms with Gasteiger partial charge in [-0.15, -0.1) is 0 Å². The number of hydrogen-bond donors (Lipinski definition) is 3. The molecule has 0 aliphatic carbocycles. The van der Waals surface area contributed by atoms with Gasteiger partial charge in [-0.25, -0.2) is 8.42 Å². The first kappa shape index (κ1) is 14.7. The maximum atomic E-state index is 12.5. The molecule has 0 amide bonds. The Balaban J connectivity index is 3.30. The largest absolute Gasteiger partial charge is 0.387 e. The third-order valence-corrected chi connectivity index (χ3v) is 4.82. The number of H-pyrrole nitrogens is 1. The molecular formula is C10H19N5O2S. The number of amidine groups is 1. The molecule has 18 heavy (non-hydrogen) atoms. The van der Waals surface area contributed by atoms with E-state index in [1.165, 1.54) is 4.31 Å². The van der Waals surface area contributed by atoms with Gasteiger partial charge >= 0.3 is 0 Å². The highest BCUT2D eigenvalue weighted by molar-refractivity contribution is 7.89. The van der Waals surface area contributed by atoms with Gasteiger partial charge in [0, 0.05) is 6.04 Å². The Hall–Kier alpha value is -1.41. The van der Waals surface area contributed by atoms with Crippen molar-refractivity contribution in [3.8, 4) is 0 Å². The van der Waals surface area contributed by atoms with Crippen molar-refractivity contribution in [2.24, 2.45) is 5.73 Å². The molecule has 8 heteroatoms. The second kappa shape index (κ2) is 5.07. The summed E-state index contributed by atoms with van der Waals surface area (Å²) in [5.41, 5.74) is 6.22. The number of rotatable bonds is 5. The Morgan fingerprint density at radius 1 is 1.50 bits per heavy atom. The van der Waals surface area contributed by atoms with Crippen LogP contribution in [0.4, 0.5) is 0 Å². The van der Waals surface area contributed by atoms with Crippen molar-refractivity contribution in [3.05, 3.63) is 11.4 Å². The minimum Gasteiger partial charge on any atom is -0.387 e. The standard InChI is InChI=1S/C10H19N5O2S/c1-6(2)15(5-9(11)12)18(16,17)10-7(3)13-14-8(10)4/h6H,5H2,1-4H3,(H3,11,12)(H,13,14). The van der Waals surface area contributed by atoms with E-state index in [0.717, 1.165) is 0 Å². The summed E-state index contributed by atoms with van der Waals surface area (Å²) in [4.78, 5) is 0.164. The summed E-state index contributed by atoms with van der Waals surface area (Å²) in [6, 6.07) is -0.285. The van der Waals surface area contributed by atoms with Gasteiger partial charge in [0.2, 0.25) is 10.0 Å². The molecule has 1 heterocycles. The van der Waals surface area contributed by atoms with E-state index in [4.69, 9.17) is 11.1 Å². The van der Waals surface area contributed by atoms with E-state index in [1.807, 2.05) is 0 Å². The zero-order valence-electron chi connectivity index (χ0n) is 11.0. The first-order valence-electron chi connectivity index (χ1n) is 5.54. The molecule has 7 nitrogen and oxygen atoms in total. The van der Waals surface area contributed by atoms with Gasteiger partial charge in [0.15, 0.2) is 0 Å². The fourth-order valence-electron chi connectivity index (χ4n) is 1.75. The van der Waals surface area contributed by atoms with Gasteiger partial charge in [-0.3, -0.25) is 10.5 Å². The maximum absolute atomic E-state index is 12.5. The smallest absolute Gasteiger partial charge is 0.247 e. The lowest BCUT2D eigenvalue weighted by Crippen LogP contribution is -2.42. The van der Waals surface area contributed by atoms with Crippen LogP contribution in [-0.2, 0) is 10.0 Å². The lowest BCUT2D eigenvalue weighted by Gasteiger charge is -2.25. The summed E-state index contributed by atoms with van der Waals surface area (Å²) in [6.45, 7) is 6.64. The van der Waals surface area contributed by atoms with Gasteiger partial charge in [-0.1, -0.05) is 0 Å². The Kier molecular flexibility index (Phi) is 4.12. The molecular weight excluding hydrogens is 254 g/mol. The molecule has 0 saturated carbocycles. The lowest BCUT2D eigenvalue weighted by molar-refractivity contribution is 0.388. The molecule has 1 aromatic rings. The van der Waals surface area contributed by atoms with E-state index in [1.54, 1.807) is 27.7 Å². The van der Waals surface area contributed by atoms with Crippen LogP contribution in [-0.4, -0.2) is 41.3 Å². The number of hydrogen-bond acceptors (Lipinski definition) is 4. The minimum absolute atomic E-state index is 0.121.